The SMILES string of the molecule is CCOC(=O)CCc1cccc(C(CO)(CCCC(C)(C)CS(=O)(=O)CC(=O)OCC)C(=O)OCc2ccccc2)c1. The highest BCUT2D eigenvalue weighted by Crippen LogP contribution is 2.35. The first-order valence-electron chi connectivity index (χ1n) is 14.3. The van der Waals surface area contributed by atoms with E-state index in [1.165, 1.54) is 0 Å². The lowest BCUT2D eigenvalue weighted by molar-refractivity contribution is -0.154. The lowest BCUT2D eigenvalue weighted by Gasteiger charge is -2.32. The number of carbonyl (C=O) groups is 3. The van der Waals surface area contributed by atoms with Crippen LogP contribution < -0.4 is 0 Å². The highest BCUT2D eigenvalue weighted by atomic mass is 32.2. The summed E-state index contributed by atoms with van der Waals surface area (Å²) >= 11 is 0. The van der Waals surface area contributed by atoms with Crippen LogP contribution in [0.5, 0.6) is 0 Å². The van der Waals surface area contributed by atoms with Crippen molar-refractivity contribution in [2.45, 2.75) is 71.8 Å². The van der Waals surface area contributed by atoms with Crippen LogP contribution in [0, 0.1) is 5.41 Å². The first-order valence-corrected chi connectivity index (χ1v) is 16.1. The van der Waals surface area contributed by atoms with E-state index in [1.807, 2.05) is 36.4 Å². The first-order chi connectivity index (χ1) is 19.9. The summed E-state index contributed by atoms with van der Waals surface area (Å²) in [6.45, 7) is 6.84. The standard InChI is InChI=1S/C32H44O9S/c1-5-39-28(34)17-16-25-14-10-15-27(20-25)32(23-33,30(36)41-21-26-12-8-7-9-13-26)19-11-18-31(3,4)24-42(37,38)22-29(35)40-6-2/h7-10,12-15,20,33H,5-6,11,16-19,21-24H2,1-4H3. The summed E-state index contributed by atoms with van der Waals surface area (Å²) in [4.78, 5) is 37.4. The van der Waals surface area contributed by atoms with Gasteiger partial charge in [-0.2, -0.15) is 0 Å². The van der Waals surface area contributed by atoms with Crippen molar-refractivity contribution in [2.75, 3.05) is 31.3 Å². The van der Waals surface area contributed by atoms with E-state index in [2.05, 4.69) is 0 Å². The number of aryl methyl sites for hydroxylation is 1. The monoisotopic (exact) mass is 604 g/mol. The Hall–Kier alpha value is -3.24. The van der Waals surface area contributed by atoms with E-state index in [0.717, 1.165) is 11.1 Å². The van der Waals surface area contributed by atoms with Crippen molar-refractivity contribution in [1.29, 1.82) is 0 Å². The average molecular weight is 605 g/mol. The Morgan fingerprint density at radius 2 is 1.48 bits per heavy atom. The Labute approximate surface area is 249 Å². The predicted molar refractivity (Wildman–Crippen MR) is 159 cm³/mol. The zero-order chi connectivity index (χ0) is 31.2. The molecule has 2 aromatic rings. The third-order valence-corrected chi connectivity index (χ3v) is 8.88. The van der Waals surface area contributed by atoms with Gasteiger partial charge in [-0.15, -0.1) is 0 Å². The van der Waals surface area contributed by atoms with Crippen LogP contribution >= 0.6 is 0 Å². The van der Waals surface area contributed by atoms with Crippen LogP contribution in [-0.2, 0) is 56.9 Å². The molecule has 1 N–H and O–H groups in total. The molecule has 0 aromatic heterocycles. The summed E-state index contributed by atoms with van der Waals surface area (Å²) in [5.41, 5.74) is 0.0434. The molecule has 0 bridgehead atoms. The van der Waals surface area contributed by atoms with Gasteiger partial charge in [-0.05, 0) is 55.2 Å². The number of carbonyl (C=O) groups excluding carboxylic acids is 3. The van der Waals surface area contributed by atoms with Gasteiger partial charge in [0.1, 0.15) is 17.8 Å². The molecule has 0 aliphatic rings. The average Bonchev–Trinajstić information content (AvgIpc) is 2.93. The molecule has 1 unspecified atom stereocenters. The largest absolute Gasteiger partial charge is 0.466 e. The molecule has 0 saturated carbocycles. The predicted octanol–water partition coefficient (Wildman–Crippen LogP) is 4.33. The Morgan fingerprint density at radius 1 is 0.833 bits per heavy atom. The number of aliphatic hydroxyl groups is 1. The van der Waals surface area contributed by atoms with Gasteiger partial charge in [0.15, 0.2) is 9.84 Å². The second-order valence-electron chi connectivity index (χ2n) is 11.2. The number of aliphatic hydroxyl groups excluding tert-OH is 1. The first kappa shape index (κ1) is 35.0. The summed E-state index contributed by atoms with van der Waals surface area (Å²) in [5, 5.41) is 10.7. The van der Waals surface area contributed by atoms with E-state index in [-0.39, 0.29) is 37.8 Å². The molecule has 0 radical (unpaired) electrons. The van der Waals surface area contributed by atoms with E-state index in [9.17, 15) is 27.9 Å². The van der Waals surface area contributed by atoms with Crippen LogP contribution in [0.2, 0.25) is 0 Å². The topological polar surface area (TPSA) is 133 Å². The minimum absolute atomic E-state index is 0.0293. The fraction of sp³-hybridized carbons (Fsp3) is 0.531. The van der Waals surface area contributed by atoms with Crippen molar-refractivity contribution in [1.82, 2.24) is 0 Å². The van der Waals surface area contributed by atoms with Crippen LogP contribution in [0.25, 0.3) is 0 Å². The Kier molecular flexibility index (Phi) is 13.7. The molecule has 0 aliphatic heterocycles. The van der Waals surface area contributed by atoms with Gasteiger partial charge in [-0.25, -0.2) is 8.42 Å². The van der Waals surface area contributed by atoms with E-state index >= 15 is 0 Å². The molecule has 9 nitrogen and oxygen atoms in total. The van der Waals surface area contributed by atoms with E-state index in [4.69, 9.17) is 14.2 Å². The number of esters is 3. The maximum atomic E-state index is 13.7. The van der Waals surface area contributed by atoms with Crippen LogP contribution in [0.3, 0.4) is 0 Å². The molecule has 2 rings (SSSR count). The molecular formula is C32H44O9S. The zero-order valence-corrected chi connectivity index (χ0v) is 25.9. The van der Waals surface area contributed by atoms with E-state index in [0.29, 0.717) is 31.4 Å². The number of hydrogen-bond acceptors (Lipinski definition) is 9. The zero-order valence-electron chi connectivity index (χ0n) is 25.1. The van der Waals surface area contributed by atoms with E-state index in [1.54, 1.807) is 45.9 Å². The highest BCUT2D eigenvalue weighted by molar-refractivity contribution is 7.92. The molecule has 42 heavy (non-hydrogen) atoms. The smallest absolute Gasteiger partial charge is 0.321 e. The molecule has 0 spiro atoms. The molecule has 0 aliphatic carbocycles. The number of rotatable bonds is 18. The van der Waals surface area contributed by atoms with Gasteiger partial charge < -0.3 is 19.3 Å². The van der Waals surface area contributed by atoms with E-state index < -0.39 is 45.0 Å². The van der Waals surface area contributed by atoms with Crippen LogP contribution in [0.1, 0.15) is 70.1 Å². The van der Waals surface area contributed by atoms with Crippen LogP contribution in [0.15, 0.2) is 54.6 Å². The number of sulfone groups is 1. The number of benzene rings is 2. The van der Waals surface area contributed by atoms with Crippen LogP contribution in [-0.4, -0.2) is 62.8 Å². The molecule has 232 valence electrons. The summed E-state index contributed by atoms with van der Waals surface area (Å²) < 4.78 is 40.8. The Bertz CT molecular complexity index is 1270. The lowest BCUT2D eigenvalue weighted by atomic mass is 9.74. The van der Waals surface area contributed by atoms with Gasteiger partial charge in [-0.3, -0.25) is 14.4 Å². The molecule has 2 aromatic carbocycles. The van der Waals surface area contributed by atoms with Gasteiger partial charge >= 0.3 is 17.9 Å². The fourth-order valence-electron chi connectivity index (χ4n) is 4.93. The second kappa shape index (κ2) is 16.4. The third-order valence-electron chi connectivity index (χ3n) is 6.99. The highest BCUT2D eigenvalue weighted by Gasteiger charge is 2.42. The van der Waals surface area contributed by atoms with Crippen molar-refractivity contribution < 1.29 is 42.1 Å². The molecule has 0 heterocycles. The second-order valence-corrected chi connectivity index (χ2v) is 13.2. The van der Waals surface area contributed by atoms with Crippen molar-refractivity contribution in [3.05, 3.63) is 71.3 Å². The molecule has 10 heteroatoms. The molecule has 0 saturated heterocycles. The Morgan fingerprint density at radius 3 is 2.12 bits per heavy atom. The van der Waals surface area contributed by atoms with Gasteiger partial charge in [-0.1, -0.05) is 74.9 Å². The normalized spacial score (nSPS) is 13.2. The quantitative estimate of drug-likeness (QED) is 0.195. The van der Waals surface area contributed by atoms with Crippen molar-refractivity contribution >= 4 is 27.7 Å². The van der Waals surface area contributed by atoms with Gasteiger partial charge in [0.25, 0.3) is 0 Å². The maximum absolute atomic E-state index is 13.7. The van der Waals surface area contributed by atoms with Gasteiger partial charge in [0.2, 0.25) is 0 Å². The molecule has 1 atom stereocenters. The molecular weight excluding hydrogens is 560 g/mol. The fourth-order valence-corrected chi connectivity index (χ4v) is 6.81. The van der Waals surface area contributed by atoms with Gasteiger partial charge in [0, 0.05) is 6.42 Å². The number of hydrogen-bond donors (Lipinski definition) is 1. The Balaban J connectivity index is 2.26. The van der Waals surface area contributed by atoms with Crippen LogP contribution in [0.4, 0.5) is 0 Å². The third kappa shape index (κ3) is 11.2. The van der Waals surface area contributed by atoms with Gasteiger partial charge in [0.05, 0.1) is 25.6 Å². The molecule has 0 amide bonds. The summed E-state index contributed by atoms with van der Waals surface area (Å²) in [6, 6.07) is 16.4. The summed E-state index contributed by atoms with van der Waals surface area (Å²) in [6.07, 6.45) is 1.58. The number of ether oxygens (including phenoxy) is 3. The summed E-state index contributed by atoms with van der Waals surface area (Å²) in [5.74, 6) is -2.61. The summed E-state index contributed by atoms with van der Waals surface area (Å²) in [7, 11) is -3.72. The maximum Gasteiger partial charge on any atom is 0.321 e. The van der Waals surface area contributed by atoms with Crippen molar-refractivity contribution in [2.24, 2.45) is 5.41 Å². The minimum atomic E-state index is -3.72. The van der Waals surface area contributed by atoms with Crippen molar-refractivity contribution in [3.8, 4) is 0 Å². The van der Waals surface area contributed by atoms with Crippen molar-refractivity contribution in [3.63, 3.8) is 0 Å². The molecule has 0 fully saturated rings. The lowest BCUT2D eigenvalue weighted by Crippen LogP contribution is -2.41. The minimum Gasteiger partial charge on any atom is -0.466 e.